The Bertz CT molecular complexity index is 1210. The van der Waals surface area contributed by atoms with Crippen LogP contribution in [0.25, 0.3) is 11.6 Å². The average Bonchev–Trinajstić information content (AvgIpc) is 3.20. The molecule has 2 aliphatic rings. The molecule has 0 saturated carbocycles. The summed E-state index contributed by atoms with van der Waals surface area (Å²) in [5.74, 6) is 0.810. The molecule has 1 aliphatic carbocycles. The van der Waals surface area contributed by atoms with Crippen LogP contribution in [0.1, 0.15) is 64.5 Å². The molecule has 3 aromatic rings. The number of halogens is 1. The van der Waals surface area contributed by atoms with Crippen molar-refractivity contribution in [2.24, 2.45) is 13.0 Å². The van der Waals surface area contributed by atoms with Gasteiger partial charge in [0, 0.05) is 36.8 Å². The van der Waals surface area contributed by atoms with E-state index in [1.54, 1.807) is 12.5 Å². The van der Waals surface area contributed by atoms with E-state index in [4.69, 9.17) is 16.6 Å². The second-order valence-electron chi connectivity index (χ2n) is 9.34. The number of aryl methyl sites for hydroxylation is 1. The first-order valence-electron chi connectivity index (χ1n) is 11.6. The lowest BCUT2D eigenvalue weighted by Crippen LogP contribution is -2.33. The van der Waals surface area contributed by atoms with Crippen LogP contribution in [0.3, 0.4) is 0 Å². The minimum atomic E-state index is 0.0596. The van der Waals surface area contributed by atoms with E-state index < -0.39 is 0 Å². The van der Waals surface area contributed by atoms with Gasteiger partial charge in [-0.2, -0.15) is 0 Å². The quantitative estimate of drug-likeness (QED) is 0.474. The smallest absolute Gasteiger partial charge is 0.183 e. The van der Waals surface area contributed by atoms with Crippen molar-refractivity contribution in [3.63, 3.8) is 0 Å². The zero-order valence-corrected chi connectivity index (χ0v) is 19.9. The molecular formula is C27H29ClN4O. The summed E-state index contributed by atoms with van der Waals surface area (Å²) >= 11 is 6.44. The van der Waals surface area contributed by atoms with Crippen molar-refractivity contribution in [3.8, 4) is 0 Å². The van der Waals surface area contributed by atoms with Gasteiger partial charge >= 0.3 is 0 Å². The molecule has 0 spiro atoms. The van der Waals surface area contributed by atoms with E-state index in [1.165, 1.54) is 5.56 Å². The number of hydrogen-bond acceptors (Lipinski definition) is 4. The minimum absolute atomic E-state index is 0.0596. The number of allylic oxidation sites excluding steroid dienone is 1. The van der Waals surface area contributed by atoms with Gasteiger partial charge in [-0.15, -0.1) is 0 Å². The van der Waals surface area contributed by atoms with E-state index in [1.807, 2.05) is 29.9 Å². The van der Waals surface area contributed by atoms with Gasteiger partial charge in [0.1, 0.15) is 5.69 Å². The Labute approximate surface area is 200 Å². The van der Waals surface area contributed by atoms with Gasteiger partial charge in [0.05, 0.1) is 12.0 Å². The summed E-state index contributed by atoms with van der Waals surface area (Å²) < 4.78 is 1.81. The number of likely N-dealkylation sites (tertiary alicyclic amines) is 1. The third kappa shape index (κ3) is 4.53. The van der Waals surface area contributed by atoms with Crippen LogP contribution in [0.2, 0.25) is 5.02 Å². The van der Waals surface area contributed by atoms with Gasteiger partial charge in [0.15, 0.2) is 5.78 Å². The van der Waals surface area contributed by atoms with Gasteiger partial charge in [-0.05, 0) is 85.8 Å². The van der Waals surface area contributed by atoms with Crippen LogP contribution in [0.4, 0.5) is 0 Å². The average molecular weight is 461 g/mol. The zero-order valence-electron chi connectivity index (χ0n) is 19.2. The third-order valence-electron chi connectivity index (χ3n) is 7.04. The molecule has 1 aromatic carbocycles. The number of Topliss-reactive ketones (excluding diaryl/α,β-unsaturated/α-hetero) is 1. The van der Waals surface area contributed by atoms with E-state index in [2.05, 4.69) is 41.2 Å². The molecule has 0 radical (unpaired) electrons. The Kier molecular flexibility index (Phi) is 6.17. The SMILES string of the molecule is CN1CCC(C2c3ccc(Cl)cc3C=C(CCC(=O)c3cn(C)cn3)c3cccnc32)CC1. The number of hydrogen-bond donors (Lipinski definition) is 0. The second kappa shape index (κ2) is 9.24. The van der Waals surface area contributed by atoms with E-state index >= 15 is 0 Å². The number of pyridine rings is 1. The van der Waals surface area contributed by atoms with Crippen molar-refractivity contribution in [3.05, 3.63) is 82.2 Å². The van der Waals surface area contributed by atoms with Crippen molar-refractivity contribution in [1.29, 1.82) is 0 Å². The van der Waals surface area contributed by atoms with E-state index in [0.29, 0.717) is 24.5 Å². The summed E-state index contributed by atoms with van der Waals surface area (Å²) in [5.41, 5.74) is 6.38. The van der Waals surface area contributed by atoms with Crippen LogP contribution in [-0.4, -0.2) is 45.4 Å². The lowest BCUT2D eigenvalue weighted by atomic mass is 9.76. The maximum Gasteiger partial charge on any atom is 0.183 e. The molecular weight excluding hydrogens is 432 g/mol. The lowest BCUT2D eigenvalue weighted by molar-refractivity contribution is 0.0980. The molecule has 5 nitrogen and oxygen atoms in total. The molecule has 2 aromatic heterocycles. The number of imidazole rings is 1. The van der Waals surface area contributed by atoms with Crippen molar-refractivity contribution in [2.75, 3.05) is 20.1 Å². The number of piperidine rings is 1. The first-order valence-corrected chi connectivity index (χ1v) is 12.0. The molecule has 1 aliphatic heterocycles. The van der Waals surface area contributed by atoms with Crippen molar-refractivity contribution >= 4 is 29.0 Å². The van der Waals surface area contributed by atoms with Crippen LogP contribution < -0.4 is 0 Å². The standard InChI is InChI=1S/C27H29ClN4O/c1-31-12-9-18(10-13-31)26-22-7-6-21(28)15-20(22)14-19(23-4-3-11-29-27(23)26)5-8-25(33)24-16-32(2)17-30-24/h3-4,6-7,11,14-18,26H,5,8-10,12-13H2,1-2H3. The van der Waals surface area contributed by atoms with E-state index in [0.717, 1.165) is 53.3 Å². The number of benzene rings is 1. The maximum absolute atomic E-state index is 12.8. The van der Waals surface area contributed by atoms with Crippen LogP contribution in [-0.2, 0) is 7.05 Å². The Morgan fingerprint density at radius 3 is 2.73 bits per heavy atom. The summed E-state index contributed by atoms with van der Waals surface area (Å²) in [7, 11) is 4.07. The minimum Gasteiger partial charge on any atom is -0.340 e. The van der Waals surface area contributed by atoms with Crippen molar-refractivity contribution in [1.82, 2.24) is 19.4 Å². The highest BCUT2D eigenvalue weighted by atomic mass is 35.5. The number of aromatic nitrogens is 3. The highest BCUT2D eigenvalue weighted by Crippen LogP contribution is 2.45. The monoisotopic (exact) mass is 460 g/mol. The molecule has 1 atom stereocenters. The molecule has 0 amide bonds. The Morgan fingerprint density at radius 2 is 1.97 bits per heavy atom. The fourth-order valence-electron chi connectivity index (χ4n) is 5.28. The van der Waals surface area contributed by atoms with E-state index in [9.17, 15) is 4.79 Å². The number of fused-ring (bicyclic) bond motifs is 2. The zero-order chi connectivity index (χ0) is 22.9. The second-order valence-corrected chi connectivity index (χ2v) is 9.78. The lowest BCUT2D eigenvalue weighted by Gasteiger charge is -2.35. The van der Waals surface area contributed by atoms with Crippen molar-refractivity contribution in [2.45, 2.75) is 31.6 Å². The van der Waals surface area contributed by atoms with Crippen LogP contribution in [0, 0.1) is 5.92 Å². The first-order chi connectivity index (χ1) is 16.0. The van der Waals surface area contributed by atoms with Gasteiger partial charge in [0.25, 0.3) is 0 Å². The molecule has 6 heteroatoms. The number of rotatable bonds is 5. The highest BCUT2D eigenvalue weighted by Gasteiger charge is 2.34. The summed E-state index contributed by atoms with van der Waals surface area (Å²) in [5, 5.41) is 0.731. The molecule has 33 heavy (non-hydrogen) atoms. The number of carbonyl (C=O) groups excluding carboxylic acids is 1. The maximum atomic E-state index is 12.8. The largest absolute Gasteiger partial charge is 0.340 e. The fourth-order valence-corrected chi connectivity index (χ4v) is 5.46. The Hall–Kier alpha value is -2.76. The summed E-state index contributed by atoms with van der Waals surface area (Å²) in [6, 6.07) is 10.4. The predicted molar refractivity (Wildman–Crippen MR) is 132 cm³/mol. The summed E-state index contributed by atoms with van der Waals surface area (Å²) in [6.07, 6.45) is 10.9. The van der Waals surface area contributed by atoms with E-state index in [-0.39, 0.29) is 11.7 Å². The molecule has 0 N–H and O–H groups in total. The van der Waals surface area contributed by atoms with Crippen LogP contribution in [0.15, 0.2) is 49.1 Å². The van der Waals surface area contributed by atoms with Gasteiger partial charge in [0.2, 0.25) is 0 Å². The molecule has 0 bridgehead atoms. The molecule has 170 valence electrons. The van der Waals surface area contributed by atoms with Crippen LogP contribution in [0.5, 0.6) is 0 Å². The van der Waals surface area contributed by atoms with Gasteiger partial charge < -0.3 is 9.47 Å². The highest BCUT2D eigenvalue weighted by molar-refractivity contribution is 6.30. The molecule has 5 rings (SSSR count). The number of carbonyl (C=O) groups is 1. The van der Waals surface area contributed by atoms with Crippen molar-refractivity contribution < 1.29 is 4.79 Å². The topological polar surface area (TPSA) is 51.0 Å². The number of nitrogens with zero attached hydrogens (tertiary/aromatic N) is 4. The van der Waals surface area contributed by atoms with Gasteiger partial charge in [-0.1, -0.05) is 29.8 Å². The third-order valence-corrected chi connectivity index (χ3v) is 7.27. The first kappa shape index (κ1) is 22.1. The fraction of sp³-hybridized carbons (Fsp3) is 0.370. The van der Waals surface area contributed by atoms with Gasteiger partial charge in [-0.3, -0.25) is 9.78 Å². The Morgan fingerprint density at radius 1 is 1.15 bits per heavy atom. The molecule has 3 heterocycles. The predicted octanol–water partition coefficient (Wildman–Crippen LogP) is 5.46. The number of ketones is 1. The van der Waals surface area contributed by atoms with Gasteiger partial charge in [-0.25, -0.2) is 4.98 Å². The summed E-state index contributed by atoms with van der Waals surface area (Å²) in [6.45, 7) is 2.20. The summed E-state index contributed by atoms with van der Waals surface area (Å²) in [4.78, 5) is 24.4. The molecule has 1 saturated heterocycles. The molecule has 1 fully saturated rings. The normalized spacial score (nSPS) is 18.9. The van der Waals surface area contributed by atoms with Crippen LogP contribution >= 0.6 is 11.6 Å². The Balaban J connectivity index is 1.54. The molecule has 1 unspecified atom stereocenters.